The van der Waals surface area contributed by atoms with Gasteiger partial charge in [-0.15, -0.1) is 0 Å². The lowest BCUT2D eigenvalue weighted by molar-refractivity contribution is -0.383. The van der Waals surface area contributed by atoms with Crippen LogP contribution < -0.4 is 0 Å². The van der Waals surface area contributed by atoms with E-state index in [4.69, 9.17) is 28.4 Å². The van der Waals surface area contributed by atoms with Crippen molar-refractivity contribution in [2.45, 2.75) is 212 Å². The molecule has 3 aliphatic heterocycles. The van der Waals surface area contributed by atoms with Crippen LogP contribution in [0.4, 0.5) is 0 Å². The molecule has 0 radical (unpaired) electrons. The number of ether oxygens (including phenoxy) is 6. The van der Waals surface area contributed by atoms with Gasteiger partial charge < -0.3 is 74.4 Å². The molecule has 2 unspecified atom stereocenters. The topological polar surface area (TPSA) is 255 Å². The number of hydrogen-bond donors (Lipinski definition) is 9. The molecule has 0 aromatic heterocycles. The van der Waals surface area contributed by atoms with E-state index in [-0.39, 0.29) is 51.6 Å². The number of aliphatic carboxylic acids is 1. The second-order valence-electron chi connectivity index (χ2n) is 23.0. The van der Waals surface area contributed by atoms with Crippen molar-refractivity contribution in [3.63, 3.8) is 0 Å². The zero-order chi connectivity index (χ0) is 46.0. The maximum absolute atomic E-state index is 13.1. The number of fused-ring (bicyclic) bond motifs is 7. The Kier molecular flexibility index (Phi) is 12.8. The predicted molar refractivity (Wildman–Crippen MR) is 223 cm³/mol. The van der Waals surface area contributed by atoms with Crippen LogP contribution in [0.1, 0.15) is 120 Å². The first-order chi connectivity index (χ1) is 29.4. The molecule has 3 saturated heterocycles. The van der Waals surface area contributed by atoms with E-state index < -0.39 is 104 Å². The Balaban J connectivity index is 0.987. The number of allylic oxidation sites excluding steroid dienone is 2. The molecular weight excluding hydrogens is 821 g/mol. The average Bonchev–Trinajstić information content (AvgIpc) is 3.22. The van der Waals surface area contributed by atoms with Crippen LogP contribution in [-0.2, 0) is 33.2 Å². The van der Waals surface area contributed by atoms with Crippen molar-refractivity contribution in [1.82, 2.24) is 0 Å². The molecule has 5 aliphatic carbocycles. The first kappa shape index (κ1) is 48.1. The Hall–Kier alpha value is -1.35. The Morgan fingerprint density at radius 3 is 2.05 bits per heavy atom. The van der Waals surface area contributed by atoms with Crippen molar-refractivity contribution in [3.8, 4) is 0 Å². The molecule has 0 bridgehead atoms. The highest BCUT2D eigenvalue weighted by molar-refractivity contribution is 5.76. The van der Waals surface area contributed by atoms with Crippen molar-refractivity contribution < 1.29 is 79.2 Å². The molecular formula is C47H76O16. The zero-order valence-electron chi connectivity index (χ0n) is 38.3. The molecule has 3 heterocycles. The summed E-state index contributed by atoms with van der Waals surface area (Å²) in [5, 5.41) is 96.7. The second-order valence-corrected chi connectivity index (χ2v) is 23.0. The molecule has 0 spiro atoms. The molecule has 0 aromatic carbocycles. The lowest BCUT2D eigenvalue weighted by Gasteiger charge is -2.71. The third-order valence-corrected chi connectivity index (χ3v) is 18.9. The number of aliphatic hydroxyl groups excluding tert-OH is 8. The van der Waals surface area contributed by atoms with Crippen LogP contribution in [0.25, 0.3) is 0 Å². The minimum absolute atomic E-state index is 0.0305. The monoisotopic (exact) mass is 897 g/mol. The summed E-state index contributed by atoms with van der Waals surface area (Å²) in [5.41, 5.74) is 0.187. The van der Waals surface area contributed by atoms with E-state index in [1.54, 1.807) is 0 Å². The predicted octanol–water partition coefficient (Wildman–Crippen LogP) is 2.37. The fourth-order valence-electron chi connectivity index (χ4n) is 14.8. The summed E-state index contributed by atoms with van der Waals surface area (Å²) < 4.78 is 36.2. The summed E-state index contributed by atoms with van der Waals surface area (Å²) in [6, 6.07) is 0. The van der Waals surface area contributed by atoms with Gasteiger partial charge in [0.1, 0.15) is 61.0 Å². The Morgan fingerprint density at radius 2 is 1.37 bits per heavy atom. The molecule has 9 N–H and O–H groups in total. The van der Waals surface area contributed by atoms with Crippen molar-refractivity contribution >= 4 is 5.97 Å². The highest BCUT2D eigenvalue weighted by atomic mass is 16.8. The number of carboxylic acids is 1. The summed E-state index contributed by atoms with van der Waals surface area (Å²) in [7, 11) is 0. The SMILES string of the molecule is C[C@@H]1O[C@@H](O[C@H]2[C@H](O)[C@@H](O)C(OC3[C@H](O[C@H]4CC[C@]5(C)[C@H]6CC=C7[C@@H]8CC(C)(C)CC[C@]8(C(=O)O)CC[C@@]7(C)[C@]6(C)CC[C@H]5C4(C)C)OC[C@H](O)[C@@H]3O)O[C@@H]2CO)[C@H](O)[C@H](O)[C@H]1O. The van der Waals surface area contributed by atoms with Gasteiger partial charge in [-0.05, 0) is 116 Å². The van der Waals surface area contributed by atoms with Crippen LogP contribution in [0.15, 0.2) is 11.6 Å². The lowest BCUT2D eigenvalue weighted by atomic mass is 9.33. The smallest absolute Gasteiger partial charge is 0.310 e. The average molecular weight is 897 g/mol. The van der Waals surface area contributed by atoms with Crippen molar-refractivity contribution in [2.75, 3.05) is 13.2 Å². The van der Waals surface area contributed by atoms with Crippen LogP contribution in [-0.4, -0.2) is 157 Å². The second kappa shape index (κ2) is 16.7. The molecule has 8 aliphatic rings. The maximum Gasteiger partial charge on any atom is 0.310 e. The number of carboxylic acid groups (broad SMARTS) is 1. The van der Waals surface area contributed by atoms with Gasteiger partial charge in [-0.2, -0.15) is 0 Å². The Bertz CT molecular complexity index is 1720. The maximum atomic E-state index is 13.1. The molecule has 0 amide bonds. The summed E-state index contributed by atoms with van der Waals surface area (Å²) in [4.78, 5) is 13.1. The van der Waals surface area contributed by atoms with Gasteiger partial charge in [0.15, 0.2) is 18.9 Å². The summed E-state index contributed by atoms with van der Waals surface area (Å²) >= 11 is 0. The standard InChI is InChI=1S/C47H76O16/c1-22-30(50)32(52)34(54)38(59-22)62-36-26(20-48)60-39(35(55)33(36)53)63-37-31(51)25(49)21-58-40(37)61-29-12-13-44(6)27(43(29,4)5)11-14-46(8)28(44)10-9-23-24-19-42(2,3)15-17-47(24,41(56)57)18-16-45(23,46)7/h9,22,24-40,48-55H,10-21H2,1-8H3,(H,56,57)/t22-,24-,25-,26+,27-,28+,29-,30-,31-,32+,33+,34+,35+,36+,37?,38-,39?,40-,44-,45+,46+,47-/m0/s1. The van der Waals surface area contributed by atoms with Gasteiger partial charge in [0.2, 0.25) is 0 Å². The van der Waals surface area contributed by atoms with Crippen LogP contribution in [0.2, 0.25) is 0 Å². The Labute approximate surface area is 371 Å². The minimum atomic E-state index is -1.83. The highest BCUT2D eigenvalue weighted by Gasteiger charge is 2.70. The minimum Gasteiger partial charge on any atom is -0.481 e. The van der Waals surface area contributed by atoms with Crippen LogP contribution >= 0.6 is 0 Å². The van der Waals surface area contributed by atoms with E-state index in [0.29, 0.717) is 18.8 Å². The molecule has 7 fully saturated rings. The van der Waals surface area contributed by atoms with E-state index >= 15 is 0 Å². The molecule has 8 rings (SSSR count). The number of aliphatic hydroxyl groups is 8. The first-order valence-electron chi connectivity index (χ1n) is 23.6. The fourth-order valence-corrected chi connectivity index (χ4v) is 14.8. The number of carbonyl (C=O) groups is 1. The van der Waals surface area contributed by atoms with E-state index in [2.05, 4.69) is 54.5 Å². The van der Waals surface area contributed by atoms with Gasteiger partial charge in [-0.3, -0.25) is 4.79 Å². The van der Waals surface area contributed by atoms with Gasteiger partial charge in [0.25, 0.3) is 0 Å². The van der Waals surface area contributed by atoms with Crippen LogP contribution in [0.5, 0.6) is 0 Å². The molecule has 0 aromatic rings. The first-order valence-corrected chi connectivity index (χ1v) is 23.6. The van der Waals surface area contributed by atoms with Gasteiger partial charge in [-0.1, -0.05) is 60.1 Å². The quantitative estimate of drug-likeness (QED) is 0.125. The highest BCUT2D eigenvalue weighted by Crippen LogP contribution is 2.76. The van der Waals surface area contributed by atoms with Gasteiger partial charge >= 0.3 is 5.97 Å². The third kappa shape index (κ3) is 7.51. The summed E-state index contributed by atoms with van der Waals surface area (Å²) in [5.74, 6) is 0.00904. The van der Waals surface area contributed by atoms with Gasteiger partial charge in [-0.25, -0.2) is 0 Å². The van der Waals surface area contributed by atoms with Crippen molar-refractivity contribution in [1.29, 1.82) is 0 Å². The van der Waals surface area contributed by atoms with Crippen LogP contribution in [0.3, 0.4) is 0 Å². The van der Waals surface area contributed by atoms with E-state index in [1.165, 1.54) is 12.5 Å². The molecule has 22 atom stereocenters. The summed E-state index contributed by atoms with van der Waals surface area (Å²) in [6.07, 6.45) is -10.2. The van der Waals surface area contributed by atoms with Crippen LogP contribution in [0, 0.1) is 50.2 Å². The molecule has 16 nitrogen and oxygen atoms in total. The van der Waals surface area contributed by atoms with Crippen molar-refractivity contribution in [3.05, 3.63) is 11.6 Å². The summed E-state index contributed by atoms with van der Waals surface area (Å²) in [6.45, 7) is 16.9. The molecule has 16 heteroatoms. The lowest BCUT2D eigenvalue weighted by Crippen LogP contribution is -2.66. The number of rotatable bonds is 8. The van der Waals surface area contributed by atoms with E-state index in [9.17, 15) is 50.8 Å². The molecule has 360 valence electrons. The molecule has 63 heavy (non-hydrogen) atoms. The van der Waals surface area contributed by atoms with Crippen molar-refractivity contribution in [2.24, 2.45) is 50.2 Å². The molecule has 4 saturated carbocycles. The van der Waals surface area contributed by atoms with Gasteiger partial charge in [0.05, 0.1) is 30.8 Å². The largest absolute Gasteiger partial charge is 0.481 e. The number of hydrogen-bond acceptors (Lipinski definition) is 15. The van der Waals surface area contributed by atoms with E-state index in [1.807, 2.05) is 0 Å². The third-order valence-electron chi connectivity index (χ3n) is 18.9. The fraction of sp³-hybridized carbons (Fsp3) is 0.936. The zero-order valence-corrected chi connectivity index (χ0v) is 38.3. The van der Waals surface area contributed by atoms with E-state index in [0.717, 1.165) is 51.4 Å². The normalized spacial score (nSPS) is 54.1. The Morgan fingerprint density at radius 1 is 0.714 bits per heavy atom. The van der Waals surface area contributed by atoms with Gasteiger partial charge in [0, 0.05) is 0 Å².